The zero-order chi connectivity index (χ0) is 18.9. The van der Waals surface area contributed by atoms with Crippen molar-refractivity contribution in [1.29, 1.82) is 0 Å². The topological polar surface area (TPSA) is 95.9 Å². The van der Waals surface area contributed by atoms with Crippen molar-refractivity contribution in [2.75, 3.05) is 6.54 Å². The van der Waals surface area contributed by atoms with Crippen molar-refractivity contribution >= 4 is 18.0 Å². The fourth-order valence-corrected chi connectivity index (χ4v) is 2.81. The highest BCUT2D eigenvalue weighted by Crippen LogP contribution is 2.29. The molecule has 0 aromatic heterocycles. The second-order valence-corrected chi connectivity index (χ2v) is 8.53. The number of carboxylic acids is 1. The van der Waals surface area contributed by atoms with Gasteiger partial charge >= 0.3 is 12.1 Å². The average molecular weight is 342 g/mol. The van der Waals surface area contributed by atoms with Gasteiger partial charge < -0.3 is 20.1 Å². The molecule has 1 rings (SSSR count). The van der Waals surface area contributed by atoms with Crippen LogP contribution in [0.2, 0.25) is 0 Å². The molecule has 0 bridgehead atoms. The van der Waals surface area contributed by atoms with Crippen molar-refractivity contribution in [3.63, 3.8) is 0 Å². The fourth-order valence-electron chi connectivity index (χ4n) is 2.81. The first-order valence-corrected chi connectivity index (χ1v) is 8.27. The van der Waals surface area contributed by atoms with Crippen molar-refractivity contribution in [1.82, 2.24) is 10.2 Å². The Bertz CT molecular complexity index is 504. The number of alkyl carbamates (subject to hydrolysis) is 1. The van der Waals surface area contributed by atoms with Crippen LogP contribution < -0.4 is 5.32 Å². The van der Waals surface area contributed by atoms with E-state index in [4.69, 9.17) is 4.74 Å². The van der Waals surface area contributed by atoms with Gasteiger partial charge in [0.2, 0.25) is 5.91 Å². The van der Waals surface area contributed by atoms with Gasteiger partial charge in [0, 0.05) is 6.54 Å². The van der Waals surface area contributed by atoms with Gasteiger partial charge in [-0.15, -0.1) is 0 Å². The lowest BCUT2D eigenvalue weighted by Gasteiger charge is -2.35. The van der Waals surface area contributed by atoms with Gasteiger partial charge in [0.1, 0.15) is 17.7 Å². The monoisotopic (exact) mass is 342 g/mol. The van der Waals surface area contributed by atoms with Crippen molar-refractivity contribution in [3.05, 3.63) is 0 Å². The molecular weight excluding hydrogens is 312 g/mol. The van der Waals surface area contributed by atoms with Gasteiger partial charge in [-0.05, 0) is 38.5 Å². The first kappa shape index (κ1) is 20.3. The van der Waals surface area contributed by atoms with E-state index in [1.807, 2.05) is 27.7 Å². The molecule has 3 atom stereocenters. The minimum atomic E-state index is -1.02. The molecule has 0 aromatic rings. The Morgan fingerprint density at radius 1 is 1.17 bits per heavy atom. The molecule has 7 heteroatoms. The van der Waals surface area contributed by atoms with Gasteiger partial charge in [0.05, 0.1) is 0 Å². The van der Waals surface area contributed by atoms with Crippen LogP contribution in [0.25, 0.3) is 0 Å². The van der Waals surface area contributed by atoms with Crippen LogP contribution in [0.4, 0.5) is 4.79 Å². The van der Waals surface area contributed by atoms with Gasteiger partial charge in [0.25, 0.3) is 0 Å². The van der Waals surface area contributed by atoms with Crippen LogP contribution in [0.15, 0.2) is 0 Å². The largest absolute Gasteiger partial charge is 0.480 e. The SMILES string of the molecule is C[C@H]1CCN(C(=O)C(NC(=O)OC(C)(C)C)C(C)(C)C)C1C(=O)O. The summed E-state index contributed by atoms with van der Waals surface area (Å²) < 4.78 is 5.23. The zero-order valence-electron chi connectivity index (χ0n) is 15.7. The summed E-state index contributed by atoms with van der Waals surface area (Å²) in [4.78, 5) is 37.9. The van der Waals surface area contributed by atoms with E-state index in [9.17, 15) is 19.5 Å². The molecule has 7 nitrogen and oxygen atoms in total. The maximum Gasteiger partial charge on any atom is 0.408 e. The second-order valence-electron chi connectivity index (χ2n) is 8.53. The van der Waals surface area contributed by atoms with E-state index in [-0.39, 0.29) is 11.8 Å². The Kier molecular flexibility index (Phi) is 5.90. The smallest absolute Gasteiger partial charge is 0.408 e. The number of ether oxygens (including phenoxy) is 1. The minimum absolute atomic E-state index is 0.117. The molecule has 1 fully saturated rings. The molecule has 138 valence electrons. The number of rotatable bonds is 3. The van der Waals surface area contributed by atoms with E-state index in [1.165, 1.54) is 4.90 Å². The summed E-state index contributed by atoms with van der Waals surface area (Å²) in [5, 5.41) is 12.0. The number of aliphatic carboxylic acids is 1. The van der Waals surface area contributed by atoms with Crippen molar-refractivity contribution in [2.45, 2.75) is 72.6 Å². The summed E-state index contributed by atoms with van der Waals surface area (Å²) >= 11 is 0. The molecular formula is C17H30N2O5. The standard InChI is InChI=1S/C17H30N2O5/c1-10-8-9-19(11(10)14(21)22)13(20)12(16(2,3)4)18-15(23)24-17(5,6)7/h10-12H,8-9H2,1-7H3,(H,18,23)(H,21,22)/t10-,11?,12?/m0/s1. The Labute approximate surface area is 143 Å². The van der Waals surface area contributed by atoms with Crippen molar-refractivity contribution in [2.24, 2.45) is 11.3 Å². The zero-order valence-corrected chi connectivity index (χ0v) is 15.7. The van der Waals surface area contributed by atoms with Gasteiger partial charge in [-0.2, -0.15) is 0 Å². The normalized spacial score (nSPS) is 22.9. The number of carbonyl (C=O) groups is 3. The highest BCUT2D eigenvalue weighted by molar-refractivity contribution is 5.90. The van der Waals surface area contributed by atoms with Crippen molar-refractivity contribution in [3.8, 4) is 0 Å². The van der Waals surface area contributed by atoms with Gasteiger partial charge in [0.15, 0.2) is 0 Å². The Morgan fingerprint density at radius 3 is 2.12 bits per heavy atom. The van der Waals surface area contributed by atoms with E-state index < -0.39 is 35.2 Å². The summed E-state index contributed by atoms with van der Waals surface area (Å²) in [6.07, 6.45) is -0.0543. The van der Waals surface area contributed by atoms with E-state index in [1.54, 1.807) is 20.8 Å². The molecule has 2 amide bonds. The van der Waals surface area contributed by atoms with Crippen LogP contribution in [0.1, 0.15) is 54.9 Å². The summed E-state index contributed by atoms with van der Waals surface area (Å²) in [5.41, 5.74) is -1.26. The number of nitrogens with zero attached hydrogens (tertiary/aromatic N) is 1. The Morgan fingerprint density at radius 2 is 1.71 bits per heavy atom. The van der Waals surface area contributed by atoms with Gasteiger partial charge in [-0.25, -0.2) is 9.59 Å². The van der Waals surface area contributed by atoms with Gasteiger partial charge in [-0.3, -0.25) is 4.79 Å². The Hall–Kier alpha value is -1.79. The molecule has 1 aliphatic heterocycles. The number of nitrogens with one attached hydrogen (secondary N) is 1. The number of amides is 2. The molecule has 0 radical (unpaired) electrons. The van der Waals surface area contributed by atoms with Crippen molar-refractivity contribution < 1.29 is 24.2 Å². The lowest BCUT2D eigenvalue weighted by Crippen LogP contribution is -2.57. The highest BCUT2D eigenvalue weighted by atomic mass is 16.6. The summed E-state index contributed by atoms with van der Waals surface area (Å²) in [7, 11) is 0. The van der Waals surface area contributed by atoms with E-state index in [0.29, 0.717) is 13.0 Å². The third-order valence-electron chi connectivity index (χ3n) is 4.01. The van der Waals surface area contributed by atoms with Gasteiger partial charge in [-0.1, -0.05) is 27.7 Å². The fraction of sp³-hybridized carbons (Fsp3) is 0.824. The molecule has 2 unspecified atom stereocenters. The predicted molar refractivity (Wildman–Crippen MR) is 89.5 cm³/mol. The van der Waals surface area contributed by atoms with Crippen LogP contribution >= 0.6 is 0 Å². The van der Waals surface area contributed by atoms with E-state index >= 15 is 0 Å². The third kappa shape index (κ3) is 5.11. The molecule has 0 saturated carbocycles. The first-order chi connectivity index (χ1) is 10.7. The molecule has 24 heavy (non-hydrogen) atoms. The minimum Gasteiger partial charge on any atom is -0.480 e. The van der Waals surface area contributed by atoms with E-state index in [2.05, 4.69) is 5.32 Å². The molecule has 1 saturated heterocycles. The average Bonchev–Trinajstić information content (AvgIpc) is 2.73. The lowest BCUT2D eigenvalue weighted by molar-refractivity contribution is -0.151. The molecule has 0 spiro atoms. The molecule has 1 aliphatic rings. The number of likely N-dealkylation sites (tertiary alicyclic amines) is 1. The van der Waals surface area contributed by atoms with Crippen LogP contribution in [0.5, 0.6) is 0 Å². The number of hydrogen-bond acceptors (Lipinski definition) is 4. The first-order valence-electron chi connectivity index (χ1n) is 8.27. The van der Waals surface area contributed by atoms with Crippen LogP contribution in [-0.2, 0) is 14.3 Å². The summed E-state index contributed by atoms with van der Waals surface area (Å²) in [6.45, 7) is 12.9. The van der Waals surface area contributed by atoms with Crippen LogP contribution in [0.3, 0.4) is 0 Å². The summed E-state index contributed by atoms with van der Waals surface area (Å²) in [5.74, 6) is -1.52. The quantitative estimate of drug-likeness (QED) is 0.820. The van der Waals surface area contributed by atoms with Crippen LogP contribution in [-0.4, -0.2) is 52.2 Å². The van der Waals surface area contributed by atoms with E-state index in [0.717, 1.165) is 0 Å². The van der Waals surface area contributed by atoms with Crippen LogP contribution in [0, 0.1) is 11.3 Å². The maximum absolute atomic E-state index is 12.9. The molecule has 0 aromatic carbocycles. The number of hydrogen-bond donors (Lipinski definition) is 2. The maximum atomic E-state index is 12.9. The second kappa shape index (κ2) is 6.99. The Balaban J connectivity index is 2.98. The molecule has 1 heterocycles. The molecule has 2 N–H and O–H groups in total. The summed E-state index contributed by atoms with van der Waals surface area (Å²) in [6, 6.07) is -1.72. The third-order valence-corrected chi connectivity index (χ3v) is 4.01. The predicted octanol–water partition coefficient (Wildman–Crippen LogP) is 2.25. The number of carbonyl (C=O) groups excluding carboxylic acids is 2. The number of carboxylic acid groups (broad SMARTS) is 1. The molecule has 0 aliphatic carbocycles. The highest BCUT2D eigenvalue weighted by Gasteiger charge is 2.45. The lowest BCUT2D eigenvalue weighted by atomic mass is 9.85.